The molecule has 0 bridgehead atoms. The van der Waals surface area contributed by atoms with Crippen LogP contribution < -0.4 is 5.22 Å². The molecule has 0 N–H and O–H groups in total. The highest BCUT2D eigenvalue weighted by Crippen LogP contribution is 2.48. The van der Waals surface area contributed by atoms with Crippen LogP contribution >= 0.6 is 0 Å². The Hall–Kier alpha value is -7.37. The normalized spacial score (nSPS) is 12.3. The second kappa shape index (κ2) is 10.1. The van der Waals surface area contributed by atoms with Gasteiger partial charge in [-0.05, 0) is 11.5 Å². The molecular formula is C32H7F5N12. The summed E-state index contributed by atoms with van der Waals surface area (Å²) in [4.78, 5) is 33.5. The molecule has 8 aromatic rings. The van der Waals surface area contributed by atoms with Crippen molar-refractivity contribution < 1.29 is 22.0 Å². The first kappa shape index (κ1) is 29.1. The minimum Gasteiger partial charge on any atom is -0.251 e. The van der Waals surface area contributed by atoms with Crippen LogP contribution in [0.5, 0.6) is 0 Å². The van der Waals surface area contributed by atoms with Crippen molar-refractivity contribution in [3.05, 3.63) is 57.8 Å². The number of hydrogen-bond acceptors (Lipinski definition) is 12. The van der Waals surface area contributed by atoms with Gasteiger partial charge in [-0.25, -0.2) is 57.4 Å². The summed E-state index contributed by atoms with van der Waals surface area (Å²) in [5, 5.41) is 36.0. The van der Waals surface area contributed by atoms with Crippen LogP contribution in [0.4, 0.5) is 22.0 Å². The van der Waals surface area contributed by atoms with Gasteiger partial charge in [0.05, 0.1) is 6.67 Å². The lowest BCUT2D eigenvalue weighted by Gasteiger charge is -2.10. The minimum absolute atomic E-state index is 0.135. The van der Waals surface area contributed by atoms with Gasteiger partial charge >= 0.3 is 0 Å². The number of halogens is 5. The fourth-order valence-corrected chi connectivity index (χ4v) is 6.19. The van der Waals surface area contributed by atoms with Crippen molar-refractivity contribution in [3.8, 4) is 24.3 Å². The predicted molar refractivity (Wildman–Crippen MR) is 162 cm³/mol. The van der Waals surface area contributed by atoms with E-state index in [1.807, 2.05) is 0 Å². The molecule has 0 aliphatic heterocycles. The number of benzene rings is 2. The fraction of sp³-hybridized carbons (Fsp3) is 0.0625. The third kappa shape index (κ3) is 3.72. The molecular weight excluding hydrogens is 647 g/mol. The van der Waals surface area contributed by atoms with E-state index in [0.717, 1.165) is 6.07 Å². The summed E-state index contributed by atoms with van der Waals surface area (Å²) in [5.41, 5.74) is -4.44. The maximum absolute atomic E-state index is 16.1. The summed E-state index contributed by atoms with van der Waals surface area (Å²) in [7, 11) is 0. The van der Waals surface area contributed by atoms with Crippen LogP contribution in [-0.2, 0) is 0 Å². The highest BCUT2D eigenvalue weighted by Gasteiger charge is 2.31. The average molecular weight is 654 g/mol. The van der Waals surface area contributed by atoms with E-state index >= 15 is 17.6 Å². The molecule has 0 aliphatic rings. The van der Waals surface area contributed by atoms with Gasteiger partial charge in [-0.3, -0.25) is 4.39 Å². The lowest BCUT2D eigenvalue weighted by Crippen LogP contribution is -2.08. The Labute approximate surface area is 266 Å². The van der Waals surface area contributed by atoms with Gasteiger partial charge in [-0.1, -0.05) is 6.58 Å². The molecule has 4 aromatic heterocycles. The zero-order valence-corrected chi connectivity index (χ0v) is 24.0. The topological polar surface area (TPSA) is 198 Å². The van der Waals surface area contributed by atoms with Crippen LogP contribution in [0.3, 0.4) is 0 Å². The molecule has 0 spiro atoms. The first-order valence-corrected chi connectivity index (χ1v) is 13.8. The Morgan fingerprint density at radius 1 is 0.612 bits per heavy atom. The zero-order valence-electron chi connectivity index (χ0n) is 24.0. The van der Waals surface area contributed by atoms with Crippen molar-refractivity contribution in [3.63, 3.8) is 0 Å². The molecule has 0 atom stereocenters. The number of fused-ring (bicyclic) bond motifs is 9. The van der Waals surface area contributed by atoms with Crippen molar-refractivity contribution in [1.29, 1.82) is 21.0 Å². The van der Waals surface area contributed by atoms with Gasteiger partial charge in [0.1, 0.15) is 58.0 Å². The zero-order chi connectivity index (χ0) is 34.5. The van der Waals surface area contributed by atoms with Gasteiger partial charge in [-0.2, -0.15) is 21.0 Å². The van der Waals surface area contributed by atoms with E-state index < -0.39 is 75.3 Å². The average Bonchev–Trinajstić information content (AvgIpc) is 3.60. The summed E-state index contributed by atoms with van der Waals surface area (Å²) in [6.07, 6.45) is -0.806. The van der Waals surface area contributed by atoms with E-state index in [9.17, 15) is 25.4 Å². The second-order valence-corrected chi connectivity index (χ2v) is 10.5. The predicted octanol–water partition coefficient (Wildman–Crippen LogP) is 5.22. The summed E-state index contributed by atoms with van der Waals surface area (Å²) in [6, 6.07) is 7.59. The molecule has 49 heavy (non-hydrogen) atoms. The van der Waals surface area contributed by atoms with E-state index in [4.69, 9.17) is 0 Å². The molecule has 0 amide bonds. The third-order valence-electron chi connectivity index (χ3n) is 8.01. The van der Waals surface area contributed by atoms with Gasteiger partial charge < -0.3 is 0 Å². The number of nitriles is 4. The van der Waals surface area contributed by atoms with Gasteiger partial charge in [0.15, 0.2) is 57.0 Å². The molecule has 4 aromatic carbocycles. The Morgan fingerprint density at radius 3 is 1.51 bits per heavy atom. The standard InChI is InChI=1S/C32H7F5N12/c1-9(34)17-21-19(25-26(20(21)11(35)2-3-33)47-30-29(46-25)42-13(5-38)14(6-39)43-30)10-4-12(36)24(37)23-18(10)22(17)27-28(23)49-32-31(48-27)44-15(7-40)16(8-41)45-32/h4H,1-3H2/b20-11-. The van der Waals surface area contributed by atoms with Crippen molar-refractivity contribution in [1.82, 2.24) is 39.9 Å². The Kier molecular flexibility index (Phi) is 5.97. The van der Waals surface area contributed by atoms with E-state index in [1.165, 1.54) is 0 Å². The minimum atomic E-state index is -1.41. The van der Waals surface area contributed by atoms with Crippen molar-refractivity contribution in [2.75, 3.05) is 6.67 Å². The van der Waals surface area contributed by atoms with Crippen molar-refractivity contribution >= 4 is 88.6 Å². The van der Waals surface area contributed by atoms with Crippen LogP contribution in [0.25, 0.3) is 88.6 Å². The van der Waals surface area contributed by atoms with Gasteiger partial charge in [0.25, 0.3) is 0 Å². The van der Waals surface area contributed by atoms with E-state index in [-0.39, 0.29) is 71.6 Å². The number of aromatic nitrogens is 8. The lowest BCUT2D eigenvalue weighted by atomic mass is 9.94. The summed E-state index contributed by atoms with van der Waals surface area (Å²) in [5.74, 6) is -5.12. The third-order valence-corrected chi connectivity index (χ3v) is 8.01. The molecule has 0 saturated heterocycles. The molecule has 4 heterocycles. The molecule has 0 saturated carbocycles. The maximum Gasteiger partial charge on any atom is 0.199 e. The monoisotopic (exact) mass is 654 g/mol. The quantitative estimate of drug-likeness (QED) is 0.226. The molecule has 12 nitrogen and oxygen atoms in total. The summed E-state index contributed by atoms with van der Waals surface area (Å²) < 4.78 is 77.1. The molecule has 0 aliphatic carbocycles. The Balaban J connectivity index is 1.73. The van der Waals surface area contributed by atoms with Crippen molar-refractivity contribution in [2.45, 2.75) is 6.42 Å². The van der Waals surface area contributed by atoms with Gasteiger partial charge in [0, 0.05) is 44.1 Å². The molecule has 8 rings (SSSR count). The fourth-order valence-electron chi connectivity index (χ4n) is 6.19. The number of rotatable bonds is 3. The molecule has 0 fully saturated rings. The molecule has 17 heteroatoms. The highest BCUT2D eigenvalue weighted by atomic mass is 19.2. The van der Waals surface area contributed by atoms with Crippen LogP contribution in [0.1, 0.15) is 34.8 Å². The SMILES string of the molecule is C=C(F)c1c2/c(=C(/F)CCF)c3nc4nc(C#N)c(C#N)nc4nc3c2c2cc(F)c(F)c3c4nc5nc(C#N)c(C#N)nc5nc4c1c23. The summed E-state index contributed by atoms with van der Waals surface area (Å²) >= 11 is 0. The second-order valence-electron chi connectivity index (χ2n) is 10.5. The summed E-state index contributed by atoms with van der Waals surface area (Å²) in [6.45, 7) is 2.23. The smallest absolute Gasteiger partial charge is 0.199 e. The van der Waals surface area contributed by atoms with Crippen LogP contribution in [0, 0.1) is 57.0 Å². The first-order valence-electron chi connectivity index (χ1n) is 13.8. The van der Waals surface area contributed by atoms with Gasteiger partial charge in [0.2, 0.25) is 0 Å². The molecule has 0 unspecified atom stereocenters. The molecule has 230 valence electrons. The maximum atomic E-state index is 16.1. The lowest BCUT2D eigenvalue weighted by molar-refractivity contribution is 0.487. The van der Waals surface area contributed by atoms with Crippen LogP contribution in [-0.4, -0.2) is 46.5 Å². The van der Waals surface area contributed by atoms with Crippen LogP contribution in [0.15, 0.2) is 12.6 Å². The van der Waals surface area contributed by atoms with Crippen LogP contribution in [0.2, 0.25) is 0 Å². The number of hydrogen-bond donors (Lipinski definition) is 0. The first-order chi connectivity index (χ1) is 23.6. The van der Waals surface area contributed by atoms with E-state index in [0.29, 0.717) is 0 Å². The van der Waals surface area contributed by atoms with E-state index in [1.54, 1.807) is 24.3 Å². The highest BCUT2D eigenvalue weighted by molar-refractivity contribution is 6.39. The number of alkyl halides is 1. The Bertz CT molecular complexity index is 3130. The molecule has 0 radical (unpaired) electrons. The van der Waals surface area contributed by atoms with E-state index in [2.05, 4.69) is 46.5 Å². The van der Waals surface area contributed by atoms with Gasteiger partial charge in [-0.15, -0.1) is 0 Å². The number of nitrogens with zero attached hydrogens (tertiary/aromatic N) is 12. The largest absolute Gasteiger partial charge is 0.251 e. The Morgan fingerprint density at radius 2 is 1.06 bits per heavy atom. The van der Waals surface area contributed by atoms with Crippen molar-refractivity contribution in [2.24, 2.45) is 0 Å².